The zero-order chi connectivity index (χ0) is 13.1. The van der Waals surface area contributed by atoms with Crippen LogP contribution in [-0.2, 0) is 4.74 Å². The Balaban J connectivity index is 2.22. The van der Waals surface area contributed by atoms with Crippen molar-refractivity contribution in [3.63, 3.8) is 0 Å². The summed E-state index contributed by atoms with van der Waals surface area (Å²) in [7, 11) is 0. The predicted octanol–water partition coefficient (Wildman–Crippen LogP) is 2.11. The average molecular weight is 248 g/mol. The summed E-state index contributed by atoms with van der Waals surface area (Å²) in [5, 5.41) is 3.34. The first-order chi connectivity index (χ1) is 8.59. The van der Waals surface area contributed by atoms with Gasteiger partial charge in [0.1, 0.15) is 0 Å². The quantitative estimate of drug-likeness (QED) is 0.861. The highest BCUT2D eigenvalue weighted by molar-refractivity contribution is 5.35. The summed E-state index contributed by atoms with van der Waals surface area (Å²) in [4.78, 5) is 0. The second-order valence-electron chi connectivity index (χ2n) is 5.41. The molecule has 1 aromatic rings. The Hall–Kier alpha value is -0.900. The van der Waals surface area contributed by atoms with Crippen molar-refractivity contribution in [1.29, 1.82) is 0 Å². The van der Waals surface area contributed by atoms with Crippen molar-refractivity contribution in [1.82, 2.24) is 5.32 Å². The van der Waals surface area contributed by atoms with E-state index >= 15 is 0 Å². The lowest BCUT2D eigenvalue weighted by atomic mass is 9.92. The zero-order valence-corrected chi connectivity index (χ0v) is 11.6. The molecule has 1 aromatic carbocycles. The first kappa shape index (κ1) is 13.5. The molecule has 18 heavy (non-hydrogen) atoms. The third kappa shape index (κ3) is 2.91. The number of benzene rings is 1. The zero-order valence-electron chi connectivity index (χ0n) is 11.6. The van der Waals surface area contributed by atoms with Gasteiger partial charge in [0.15, 0.2) is 0 Å². The third-order valence-corrected chi connectivity index (χ3v) is 3.69. The maximum Gasteiger partial charge on any atom is 0.0892 e. The third-order valence-electron chi connectivity index (χ3n) is 3.69. The van der Waals surface area contributed by atoms with Gasteiger partial charge in [0.2, 0.25) is 0 Å². The van der Waals surface area contributed by atoms with Crippen LogP contribution in [0.5, 0.6) is 0 Å². The minimum absolute atomic E-state index is 0.0449. The molecule has 1 aliphatic heterocycles. The smallest absolute Gasteiger partial charge is 0.0892 e. The fourth-order valence-corrected chi connectivity index (χ4v) is 2.39. The molecule has 3 heteroatoms. The minimum atomic E-state index is -0.0449. The Labute approximate surface area is 110 Å². The summed E-state index contributed by atoms with van der Waals surface area (Å²) in [5.41, 5.74) is 10.2. The Morgan fingerprint density at radius 2 is 2.17 bits per heavy atom. The van der Waals surface area contributed by atoms with E-state index in [9.17, 15) is 0 Å². The Kier molecular flexibility index (Phi) is 4.38. The lowest BCUT2D eigenvalue weighted by Crippen LogP contribution is -2.44. The summed E-state index contributed by atoms with van der Waals surface area (Å²) in [6, 6.07) is 6.55. The molecule has 2 rings (SSSR count). The van der Waals surface area contributed by atoms with Gasteiger partial charge in [0, 0.05) is 13.1 Å². The van der Waals surface area contributed by atoms with Gasteiger partial charge in [-0.3, -0.25) is 0 Å². The predicted molar refractivity (Wildman–Crippen MR) is 74.8 cm³/mol. The monoisotopic (exact) mass is 248 g/mol. The van der Waals surface area contributed by atoms with Gasteiger partial charge in [-0.05, 0) is 29.5 Å². The van der Waals surface area contributed by atoms with E-state index in [1.807, 2.05) is 0 Å². The largest absolute Gasteiger partial charge is 0.374 e. The van der Waals surface area contributed by atoms with E-state index in [4.69, 9.17) is 10.5 Å². The molecule has 0 radical (unpaired) electrons. The second-order valence-corrected chi connectivity index (χ2v) is 5.41. The normalized spacial score (nSPS) is 22.2. The van der Waals surface area contributed by atoms with Crippen molar-refractivity contribution >= 4 is 0 Å². The number of hydrogen-bond acceptors (Lipinski definition) is 3. The van der Waals surface area contributed by atoms with Crippen LogP contribution in [0.3, 0.4) is 0 Å². The summed E-state index contributed by atoms with van der Waals surface area (Å²) in [6.07, 6.45) is 0.0832. The van der Waals surface area contributed by atoms with E-state index in [-0.39, 0.29) is 12.1 Å². The highest BCUT2D eigenvalue weighted by Gasteiger charge is 2.24. The first-order valence-corrected chi connectivity index (χ1v) is 6.78. The van der Waals surface area contributed by atoms with Crippen molar-refractivity contribution in [2.24, 2.45) is 5.73 Å². The summed E-state index contributed by atoms with van der Waals surface area (Å²) >= 11 is 0. The Morgan fingerprint density at radius 1 is 1.39 bits per heavy atom. The molecule has 1 fully saturated rings. The minimum Gasteiger partial charge on any atom is -0.374 e. The number of ether oxygens (including phenoxy) is 1. The van der Waals surface area contributed by atoms with Crippen molar-refractivity contribution < 1.29 is 4.74 Å². The van der Waals surface area contributed by atoms with Gasteiger partial charge in [-0.1, -0.05) is 32.0 Å². The fourth-order valence-electron chi connectivity index (χ4n) is 2.39. The SMILES string of the molecule is Cc1ccc(C(C)C)cc1C(N)C1CNCCO1. The van der Waals surface area contributed by atoms with E-state index in [0.29, 0.717) is 5.92 Å². The van der Waals surface area contributed by atoms with Crippen LogP contribution in [0.15, 0.2) is 18.2 Å². The van der Waals surface area contributed by atoms with Crippen molar-refractivity contribution in [3.8, 4) is 0 Å². The molecule has 0 saturated carbocycles. The maximum atomic E-state index is 6.37. The second kappa shape index (κ2) is 5.83. The van der Waals surface area contributed by atoms with Crippen LogP contribution >= 0.6 is 0 Å². The first-order valence-electron chi connectivity index (χ1n) is 6.78. The lowest BCUT2D eigenvalue weighted by molar-refractivity contribution is 0.0121. The molecule has 1 heterocycles. The number of rotatable bonds is 3. The van der Waals surface area contributed by atoms with Crippen molar-refractivity contribution in [3.05, 3.63) is 34.9 Å². The van der Waals surface area contributed by atoms with Gasteiger partial charge in [-0.15, -0.1) is 0 Å². The number of aryl methyl sites for hydroxylation is 1. The van der Waals surface area contributed by atoms with Crippen LogP contribution in [0.4, 0.5) is 0 Å². The van der Waals surface area contributed by atoms with Crippen LogP contribution in [0.1, 0.15) is 42.5 Å². The van der Waals surface area contributed by atoms with Crippen molar-refractivity contribution in [2.45, 2.75) is 38.8 Å². The summed E-state index contributed by atoms with van der Waals surface area (Å²) in [5.74, 6) is 0.530. The maximum absolute atomic E-state index is 6.37. The van der Waals surface area contributed by atoms with Crippen LogP contribution in [0, 0.1) is 6.92 Å². The van der Waals surface area contributed by atoms with E-state index in [1.165, 1.54) is 16.7 Å². The Bertz CT molecular complexity index is 397. The van der Waals surface area contributed by atoms with Gasteiger partial charge in [0.25, 0.3) is 0 Å². The molecule has 0 spiro atoms. The molecule has 3 N–H and O–H groups in total. The molecule has 2 atom stereocenters. The molecule has 0 amide bonds. The molecule has 1 aliphatic rings. The Morgan fingerprint density at radius 3 is 2.78 bits per heavy atom. The van der Waals surface area contributed by atoms with Gasteiger partial charge in [-0.25, -0.2) is 0 Å². The van der Waals surface area contributed by atoms with E-state index < -0.39 is 0 Å². The molecule has 3 nitrogen and oxygen atoms in total. The molecular weight excluding hydrogens is 224 g/mol. The van der Waals surface area contributed by atoms with Gasteiger partial charge in [0.05, 0.1) is 18.8 Å². The number of nitrogens with two attached hydrogens (primary N) is 1. The topological polar surface area (TPSA) is 47.3 Å². The average Bonchev–Trinajstić information content (AvgIpc) is 2.39. The summed E-state index contributed by atoms with van der Waals surface area (Å²) in [6.45, 7) is 9.05. The fraction of sp³-hybridized carbons (Fsp3) is 0.600. The van der Waals surface area contributed by atoms with Crippen LogP contribution in [0.25, 0.3) is 0 Å². The van der Waals surface area contributed by atoms with Crippen LogP contribution < -0.4 is 11.1 Å². The highest BCUT2D eigenvalue weighted by atomic mass is 16.5. The van der Waals surface area contributed by atoms with Gasteiger partial charge >= 0.3 is 0 Å². The lowest BCUT2D eigenvalue weighted by Gasteiger charge is -2.30. The molecule has 0 aromatic heterocycles. The van der Waals surface area contributed by atoms with E-state index in [0.717, 1.165) is 19.7 Å². The highest BCUT2D eigenvalue weighted by Crippen LogP contribution is 2.25. The number of morpholine rings is 1. The molecule has 2 unspecified atom stereocenters. The molecule has 0 aliphatic carbocycles. The summed E-state index contributed by atoms with van der Waals surface area (Å²) < 4.78 is 5.76. The number of hydrogen-bond donors (Lipinski definition) is 2. The molecule has 100 valence electrons. The molecule has 0 bridgehead atoms. The van der Waals surface area contributed by atoms with Gasteiger partial charge in [-0.2, -0.15) is 0 Å². The van der Waals surface area contributed by atoms with Gasteiger partial charge < -0.3 is 15.8 Å². The van der Waals surface area contributed by atoms with Crippen molar-refractivity contribution in [2.75, 3.05) is 19.7 Å². The van der Waals surface area contributed by atoms with Crippen LogP contribution in [-0.4, -0.2) is 25.8 Å². The molecular formula is C15H24N2O. The van der Waals surface area contributed by atoms with E-state index in [2.05, 4.69) is 44.3 Å². The van der Waals surface area contributed by atoms with Crippen LogP contribution in [0.2, 0.25) is 0 Å². The van der Waals surface area contributed by atoms with E-state index in [1.54, 1.807) is 0 Å². The standard InChI is InChI=1S/C15H24N2O/c1-10(2)12-5-4-11(3)13(8-12)15(16)14-9-17-6-7-18-14/h4-5,8,10,14-15,17H,6-7,9,16H2,1-3H3. The number of nitrogens with one attached hydrogen (secondary N) is 1. The molecule has 1 saturated heterocycles.